The van der Waals surface area contributed by atoms with Gasteiger partial charge < -0.3 is 20.3 Å². The third-order valence-electron chi connectivity index (χ3n) is 6.26. The highest BCUT2D eigenvalue weighted by Gasteiger charge is 2.34. The van der Waals surface area contributed by atoms with Gasteiger partial charge in [0, 0.05) is 30.8 Å². The molecule has 1 atom stereocenters. The minimum absolute atomic E-state index is 0.0536. The van der Waals surface area contributed by atoms with Crippen molar-refractivity contribution >= 4 is 17.7 Å². The van der Waals surface area contributed by atoms with Crippen LogP contribution in [0.3, 0.4) is 0 Å². The molecule has 1 heterocycles. The summed E-state index contributed by atoms with van der Waals surface area (Å²) >= 11 is 0. The molecule has 1 unspecified atom stereocenters. The molecular formula is C27H35N3O4. The van der Waals surface area contributed by atoms with Crippen molar-refractivity contribution in [2.75, 3.05) is 26.7 Å². The second-order valence-corrected chi connectivity index (χ2v) is 9.27. The van der Waals surface area contributed by atoms with Crippen LogP contribution < -0.4 is 15.4 Å². The number of hydrogen-bond acceptors (Lipinski definition) is 4. The molecule has 0 saturated carbocycles. The summed E-state index contributed by atoms with van der Waals surface area (Å²) in [6.07, 6.45) is 1.26. The number of ether oxygens (including phenoxy) is 1. The van der Waals surface area contributed by atoms with Gasteiger partial charge in [0.25, 0.3) is 11.8 Å². The number of nitrogens with zero attached hydrogens (tertiary/aromatic N) is 1. The number of rotatable bonds is 8. The van der Waals surface area contributed by atoms with E-state index in [1.54, 1.807) is 42.3 Å². The molecule has 1 aliphatic rings. The third kappa shape index (κ3) is 6.37. The molecule has 0 radical (unpaired) electrons. The van der Waals surface area contributed by atoms with E-state index >= 15 is 0 Å². The number of hydrogen-bond donors (Lipinski definition) is 2. The van der Waals surface area contributed by atoms with Crippen molar-refractivity contribution in [3.05, 3.63) is 65.2 Å². The minimum atomic E-state index is -0.653. The maximum Gasteiger partial charge on any atom is 0.253 e. The highest BCUT2D eigenvalue weighted by Crippen LogP contribution is 2.24. The van der Waals surface area contributed by atoms with E-state index in [0.717, 1.165) is 5.56 Å². The van der Waals surface area contributed by atoms with E-state index in [-0.39, 0.29) is 23.6 Å². The summed E-state index contributed by atoms with van der Waals surface area (Å²) in [6, 6.07) is 13.8. The van der Waals surface area contributed by atoms with Crippen molar-refractivity contribution in [1.82, 2.24) is 15.5 Å². The van der Waals surface area contributed by atoms with Crippen LogP contribution >= 0.6 is 0 Å². The molecule has 0 aromatic heterocycles. The van der Waals surface area contributed by atoms with E-state index < -0.39 is 6.04 Å². The van der Waals surface area contributed by atoms with Crippen molar-refractivity contribution in [3.8, 4) is 5.75 Å². The molecule has 1 fully saturated rings. The zero-order chi connectivity index (χ0) is 24.7. The molecule has 34 heavy (non-hydrogen) atoms. The lowest BCUT2D eigenvalue weighted by atomic mass is 9.88. The Balaban J connectivity index is 1.70. The van der Waals surface area contributed by atoms with E-state index in [1.165, 1.54) is 0 Å². The number of benzene rings is 2. The zero-order valence-corrected chi connectivity index (χ0v) is 20.5. The number of carbonyl (C=O) groups is 3. The molecule has 2 aromatic rings. The van der Waals surface area contributed by atoms with Gasteiger partial charge >= 0.3 is 0 Å². The first-order chi connectivity index (χ1) is 16.3. The SMILES string of the molecule is COc1cccc(C(=O)N2CCC(C(NC(=O)c3ccccc3C)C(=O)NCC(C)C)CC2)c1. The second-order valence-electron chi connectivity index (χ2n) is 9.27. The average Bonchev–Trinajstić information content (AvgIpc) is 2.85. The van der Waals surface area contributed by atoms with E-state index in [4.69, 9.17) is 4.74 Å². The predicted octanol–water partition coefficient (Wildman–Crippen LogP) is 3.43. The van der Waals surface area contributed by atoms with Crippen LogP contribution in [0.15, 0.2) is 48.5 Å². The van der Waals surface area contributed by atoms with Crippen LogP contribution in [0, 0.1) is 18.8 Å². The maximum absolute atomic E-state index is 13.1. The number of methoxy groups -OCH3 is 1. The van der Waals surface area contributed by atoms with Gasteiger partial charge in [-0.1, -0.05) is 38.1 Å². The smallest absolute Gasteiger partial charge is 0.253 e. The van der Waals surface area contributed by atoms with Crippen molar-refractivity contribution in [2.45, 2.75) is 39.7 Å². The molecule has 2 N–H and O–H groups in total. The quantitative estimate of drug-likeness (QED) is 0.625. The Morgan fingerprint density at radius 2 is 1.76 bits per heavy atom. The van der Waals surface area contributed by atoms with E-state index in [9.17, 15) is 14.4 Å². The van der Waals surface area contributed by atoms with Crippen LogP contribution in [0.25, 0.3) is 0 Å². The highest BCUT2D eigenvalue weighted by atomic mass is 16.5. The molecule has 7 nitrogen and oxygen atoms in total. The summed E-state index contributed by atoms with van der Waals surface area (Å²) in [4.78, 5) is 40.9. The first-order valence-electron chi connectivity index (χ1n) is 11.9. The van der Waals surface area contributed by atoms with Gasteiger partial charge in [0.05, 0.1) is 7.11 Å². The Hall–Kier alpha value is -3.35. The monoisotopic (exact) mass is 465 g/mol. The van der Waals surface area contributed by atoms with Gasteiger partial charge in [-0.2, -0.15) is 0 Å². The molecule has 2 aromatic carbocycles. The molecule has 3 rings (SSSR count). The van der Waals surface area contributed by atoms with E-state index in [2.05, 4.69) is 10.6 Å². The molecule has 182 valence electrons. The van der Waals surface area contributed by atoms with Gasteiger partial charge in [0.2, 0.25) is 5.91 Å². The first-order valence-corrected chi connectivity index (χ1v) is 11.9. The molecule has 1 saturated heterocycles. The Labute approximate surface area is 201 Å². The van der Waals surface area contributed by atoms with Gasteiger partial charge in [0.1, 0.15) is 11.8 Å². The van der Waals surface area contributed by atoms with Crippen LogP contribution in [0.1, 0.15) is 53.0 Å². The minimum Gasteiger partial charge on any atom is -0.497 e. The number of aryl methyl sites for hydroxylation is 1. The Morgan fingerprint density at radius 3 is 2.41 bits per heavy atom. The van der Waals surface area contributed by atoms with Crippen LogP contribution in [0.2, 0.25) is 0 Å². The largest absolute Gasteiger partial charge is 0.497 e. The fourth-order valence-corrected chi connectivity index (χ4v) is 4.23. The second kappa shape index (κ2) is 11.7. The van der Waals surface area contributed by atoms with Crippen LogP contribution in [0.5, 0.6) is 5.75 Å². The molecule has 3 amide bonds. The van der Waals surface area contributed by atoms with Gasteiger partial charge in [0.15, 0.2) is 0 Å². The Kier molecular flexibility index (Phi) is 8.68. The van der Waals surface area contributed by atoms with Gasteiger partial charge in [-0.05, 0) is 61.4 Å². The Morgan fingerprint density at radius 1 is 1.06 bits per heavy atom. The van der Waals surface area contributed by atoms with E-state index in [1.807, 2.05) is 39.0 Å². The van der Waals surface area contributed by atoms with Crippen LogP contribution in [-0.2, 0) is 4.79 Å². The molecule has 7 heteroatoms. The summed E-state index contributed by atoms with van der Waals surface area (Å²) in [5, 5.41) is 5.96. The topological polar surface area (TPSA) is 87.7 Å². The van der Waals surface area contributed by atoms with Gasteiger partial charge in [-0.3, -0.25) is 14.4 Å². The number of amides is 3. The maximum atomic E-state index is 13.1. The summed E-state index contributed by atoms with van der Waals surface area (Å²) in [6.45, 7) is 7.53. The summed E-state index contributed by atoms with van der Waals surface area (Å²) < 4.78 is 5.23. The molecule has 0 spiro atoms. The fourth-order valence-electron chi connectivity index (χ4n) is 4.23. The lowest BCUT2D eigenvalue weighted by Crippen LogP contribution is -2.54. The van der Waals surface area contributed by atoms with Crippen LogP contribution in [-0.4, -0.2) is 55.4 Å². The van der Waals surface area contributed by atoms with Gasteiger partial charge in [-0.15, -0.1) is 0 Å². The zero-order valence-electron chi connectivity index (χ0n) is 20.5. The average molecular weight is 466 g/mol. The molecular weight excluding hydrogens is 430 g/mol. The van der Waals surface area contributed by atoms with Crippen molar-refractivity contribution in [1.29, 1.82) is 0 Å². The summed E-state index contributed by atoms with van der Waals surface area (Å²) in [5.41, 5.74) is 2.01. The van der Waals surface area contributed by atoms with E-state index in [0.29, 0.717) is 55.3 Å². The highest BCUT2D eigenvalue weighted by molar-refractivity contribution is 5.98. The van der Waals surface area contributed by atoms with Gasteiger partial charge in [-0.25, -0.2) is 0 Å². The molecule has 0 bridgehead atoms. The predicted molar refractivity (Wildman–Crippen MR) is 132 cm³/mol. The van der Waals surface area contributed by atoms with Crippen molar-refractivity contribution in [3.63, 3.8) is 0 Å². The first kappa shape index (κ1) is 25.3. The lowest BCUT2D eigenvalue weighted by molar-refractivity contribution is -0.124. The van der Waals surface area contributed by atoms with Crippen molar-refractivity contribution < 1.29 is 19.1 Å². The lowest BCUT2D eigenvalue weighted by Gasteiger charge is -2.36. The normalized spacial score (nSPS) is 15.0. The third-order valence-corrected chi connectivity index (χ3v) is 6.26. The number of likely N-dealkylation sites (tertiary alicyclic amines) is 1. The molecule has 0 aliphatic carbocycles. The number of nitrogens with one attached hydrogen (secondary N) is 2. The summed E-state index contributed by atoms with van der Waals surface area (Å²) in [5.74, 6) is 0.406. The van der Waals surface area contributed by atoms with Crippen molar-refractivity contribution in [2.24, 2.45) is 11.8 Å². The number of piperidine rings is 1. The number of carbonyl (C=O) groups excluding carboxylic acids is 3. The standard InChI is InChI=1S/C27H35N3O4/c1-18(2)17-28-26(32)24(29-25(31)23-11-6-5-8-19(23)3)20-12-14-30(15-13-20)27(33)21-9-7-10-22(16-21)34-4/h5-11,16,18,20,24H,12-15,17H2,1-4H3,(H,28,32)(H,29,31). The van der Waals surface area contributed by atoms with Crippen LogP contribution in [0.4, 0.5) is 0 Å². The summed E-state index contributed by atoms with van der Waals surface area (Å²) in [7, 11) is 1.57. The fraction of sp³-hybridized carbons (Fsp3) is 0.444. The Bertz CT molecular complexity index is 1010. The molecule has 1 aliphatic heterocycles.